The van der Waals surface area contributed by atoms with Gasteiger partial charge >= 0.3 is 12.0 Å². The van der Waals surface area contributed by atoms with Crippen molar-refractivity contribution in [2.24, 2.45) is 0 Å². The first-order valence-electron chi connectivity index (χ1n) is 11.8. The van der Waals surface area contributed by atoms with E-state index in [4.69, 9.17) is 4.74 Å². The highest BCUT2D eigenvalue weighted by molar-refractivity contribution is 6.04. The zero-order valence-electron chi connectivity index (χ0n) is 20.3. The van der Waals surface area contributed by atoms with Crippen LogP contribution in [0.15, 0.2) is 59.8 Å². The maximum absolute atomic E-state index is 12.8. The number of rotatable bonds is 9. The highest BCUT2D eigenvalue weighted by Crippen LogP contribution is 2.32. The van der Waals surface area contributed by atoms with Crippen LogP contribution >= 0.6 is 0 Å². The average molecular weight is 464 g/mol. The molecule has 0 saturated carbocycles. The quantitative estimate of drug-likeness (QED) is 0.500. The number of nitrogens with zero attached hydrogens (tertiary/aromatic N) is 1. The minimum atomic E-state index is -0.678. The molecule has 34 heavy (non-hydrogen) atoms. The van der Waals surface area contributed by atoms with Crippen molar-refractivity contribution in [2.75, 3.05) is 19.0 Å². The molecule has 1 atom stereocenters. The predicted molar refractivity (Wildman–Crippen MR) is 132 cm³/mol. The number of nitrogens with one attached hydrogen (secondary N) is 2. The summed E-state index contributed by atoms with van der Waals surface area (Å²) >= 11 is 0. The van der Waals surface area contributed by atoms with Crippen LogP contribution < -0.4 is 10.6 Å². The summed E-state index contributed by atoms with van der Waals surface area (Å²) in [7, 11) is 1.32. The SMILES string of the molecule is CCCCc1ccc(C(=O)Nc2cccc(C3NC(=O)N(CCC)C(C)=C3C(=O)OC)c2)cc1. The fourth-order valence-electron chi connectivity index (χ4n) is 4.10. The molecule has 1 aliphatic heterocycles. The van der Waals surface area contributed by atoms with Crippen LogP contribution in [0.25, 0.3) is 0 Å². The van der Waals surface area contributed by atoms with Crippen molar-refractivity contribution in [1.82, 2.24) is 10.2 Å². The smallest absolute Gasteiger partial charge is 0.337 e. The first kappa shape index (κ1) is 25.0. The van der Waals surface area contributed by atoms with Crippen LogP contribution in [0.2, 0.25) is 0 Å². The van der Waals surface area contributed by atoms with Gasteiger partial charge in [0.1, 0.15) is 0 Å². The van der Waals surface area contributed by atoms with E-state index in [0.717, 1.165) is 25.7 Å². The van der Waals surface area contributed by atoms with E-state index in [0.29, 0.717) is 34.6 Å². The van der Waals surface area contributed by atoms with Gasteiger partial charge in [-0.25, -0.2) is 9.59 Å². The van der Waals surface area contributed by atoms with Gasteiger partial charge in [0.25, 0.3) is 5.91 Å². The number of amides is 3. The molecule has 2 aromatic rings. The maximum atomic E-state index is 12.8. The van der Waals surface area contributed by atoms with Gasteiger partial charge in [-0.1, -0.05) is 44.5 Å². The van der Waals surface area contributed by atoms with Crippen molar-refractivity contribution in [1.29, 1.82) is 0 Å². The number of anilines is 1. The van der Waals surface area contributed by atoms with Gasteiger partial charge in [-0.3, -0.25) is 9.69 Å². The number of ether oxygens (including phenoxy) is 1. The van der Waals surface area contributed by atoms with Gasteiger partial charge in [0, 0.05) is 23.5 Å². The van der Waals surface area contributed by atoms with Gasteiger partial charge in [-0.2, -0.15) is 0 Å². The second kappa shape index (κ2) is 11.5. The van der Waals surface area contributed by atoms with Crippen LogP contribution in [0.4, 0.5) is 10.5 Å². The van der Waals surface area contributed by atoms with E-state index >= 15 is 0 Å². The van der Waals surface area contributed by atoms with E-state index in [1.54, 1.807) is 30.0 Å². The van der Waals surface area contributed by atoms with E-state index < -0.39 is 12.0 Å². The van der Waals surface area contributed by atoms with Gasteiger partial charge in [0.05, 0.1) is 18.7 Å². The minimum Gasteiger partial charge on any atom is -0.466 e. The number of methoxy groups -OCH3 is 1. The predicted octanol–water partition coefficient (Wildman–Crippen LogP) is 5.20. The Hall–Kier alpha value is -3.61. The second-order valence-corrected chi connectivity index (χ2v) is 8.40. The number of esters is 1. The van der Waals surface area contributed by atoms with Crippen LogP contribution in [-0.4, -0.2) is 36.5 Å². The first-order chi connectivity index (χ1) is 16.4. The Kier molecular flexibility index (Phi) is 8.46. The number of carbonyl (C=O) groups is 3. The number of allylic oxidation sites excluding steroid dienone is 1. The molecule has 7 heteroatoms. The lowest BCUT2D eigenvalue weighted by Gasteiger charge is -2.35. The van der Waals surface area contributed by atoms with Crippen LogP contribution in [0.3, 0.4) is 0 Å². The normalized spacial score (nSPS) is 15.7. The van der Waals surface area contributed by atoms with Crippen LogP contribution in [0, 0.1) is 0 Å². The Morgan fingerprint density at radius 3 is 2.47 bits per heavy atom. The number of urea groups is 1. The molecule has 3 amide bonds. The molecule has 0 radical (unpaired) electrons. The molecule has 0 fully saturated rings. The van der Waals surface area contributed by atoms with E-state index in [1.165, 1.54) is 12.7 Å². The summed E-state index contributed by atoms with van der Waals surface area (Å²) in [5, 5.41) is 5.83. The number of benzene rings is 2. The monoisotopic (exact) mass is 463 g/mol. The Labute approximate surface area is 201 Å². The Balaban J connectivity index is 1.84. The summed E-state index contributed by atoms with van der Waals surface area (Å²) in [6.45, 7) is 6.37. The fourth-order valence-corrected chi connectivity index (χ4v) is 4.10. The van der Waals surface area contributed by atoms with Crippen molar-refractivity contribution in [3.63, 3.8) is 0 Å². The topological polar surface area (TPSA) is 87.7 Å². The van der Waals surface area contributed by atoms with Gasteiger partial charge in [-0.05, 0) is 61.6 Å². The number of unbranched alkanes of at least 4 members (excludes halogenated alkanes) is 1. The lowest BCUT2D eigenvalue weighted by Crippen LogP contribution is -2.48. The molecule has 0 bridgehead atoms. The summed E-state index contributed by atoms with van der Waals surface area (Å²) in [5.41, 5.74) is 3.98. The van der Waals surface area contributed by atoms with Gasteiger partial charge in [0.15, 0.2) is 0 Å². The van der Waals surface area contributed by atoms with Crippen LogP contribution in [0.5, 0.6) is 0 Å². The Bertz CT molecular complexity index is 1080. The maximum Gasteiger partial charge on any atom is 0.337 e. The molecule has 1 unspecified atom stereocenters. The summed E-state index contributed by atoms with van der Waals surface area (Å²) < 4.78 is 5.02. The molecule has 1 aliphatic rings. The molecule has 7 nitrogen and oxygen atoms in total. The summed E-state index contributed by atoms with van der Waals surface area (Å²) in [6.07, 6.45) is 4.00. The van der Waals surface area contributed by atoms with E-state index in [1.807, 2.05) is 37.3 Å². The van der Waals surface area contributed by atoms with Gasteiger partial charge in [-0.15, -0.1) is 0 Å². The highest BCUT2D eigenvalue weighted by Gasteiger charge is 2.36. The molecular weight excluding hydrogens is 430 g/mol. The largest absolute Gasteiger partial charge is 0.466 e. The molecule has 3 rings (SSSR count). The van der Waals surface area contributed by atoms with Gasteiger partial charge in [0.2, 0.25) is 0 Å². The third-order valence-electron chi connectivity index (χ3n) is 5.96. The molecule has 2 aromatic carbocycles. The zero-order chi connectivity index (χ0) is 24.7. The number of carbonyl (C=O) groups excluding carboxylic acids is 3. The molecule has 1 heterocycles. The van der Waals surface area contributed by atoms with Crippen molar-refractivity contribution < 1.29 is 19.1 Å². The lowest BCUT2D eigenvalue weighted by atomic mass is 9.94. The van der Waals surface area contributed by atoms with Crippen LogP contribution in [0.1, 0.15) is 67.6 Å². The average Bonchev–Trinajstić information content (AvgIpc) is 2.85. The van der Waals surface area contributed by atoms with Crippen LogP contribution in [-0.2, 0) is 16.0 Å². The van der Waals surface area contributed by atoms with Crippen molar-refractivity contribution >= 4 is 23.6 Å². The zero-order valence-corrected chi connectivity index (χ0v) is 20.3. The third-order valence-corrected chi connectivity index (χ3v) is 5.96. The summed E-state index contributed by atoms with van der Waals surface area (Å²) in [4.78, 5) is 39.7. The molecule has 2 N–H and O–H groups in total. The van der Waals surface area contributed by atoms with Crippen molar-refractivity contribution in [3.05, 3.63) is 76.5 Å². The second-order valence-electron chi connectivity index (χ2n) is 8.40. The van der Waals surface area contributed by atoms with E-state index in [9.17, 15) is 14.4 Å². The van der Waals surface area contributed by atoms with Crippen molar-refractivity contribution in [2.45, 2.75) is 52.5 Å². The molecule has 180 valence electrons. The number of hydrogen-bond acceptors (Lipinski definition) is 4. The Morgan fingerprint density at radius 1 is 1.09 bits per heavy atom. The fraction of sp³-hybridized carbons (Fsp3) is 0.370. The Morgan fingerprint density at radius 2 is 1.82 bits per heavy atom. The summed E-state index contributed by atoms with van der Waals surface area (Å²) in [5.74, 6) is -0.720. The minimum absolute atomic E-state index is 0.221. The van der Waals surface area contributed by atoms with Crippen molar-refractivity contribution in [3.8, 4) is 0 Å². The molecule has 0 aliphatic carbocycles. The standard InChI is InChI=1S/C27H33N3O4/c1-5-7-9-19-12-14-20(15-13-19)25(31)28-22-11-8-10-21(17-22)24-23(26(32)34-4)18(3)30(16-6-2)27(33)29-24/h8,10-15,17,24H,5-7,9,16H2,1-4H3,(H,28,31)(H,29,33). The highest BCUT2D eigenvalue weighted by atomic mass is 16.5. The molecule has 0 aromatic heterocycles. The molecular formula is C27H33N3O4. The van der Waals surface area contributed by atoms with Gasteiger partial charge < -0.3 is 15.4 Å². The lowest BCUT2D eigenvalue weighted by molar-refractivity contribution is -0.136. The first-order valence-corrected chi connectivity index (χ1v) is 11.8. The molecule has 0 saturated heterocycles. The summed E-state index contributed by atoms with van der Waals surface area (Å²) in [6, 6.07) is 13.8. The van der Waals surface area contributed by atoms with E-state index in [2.05, 4.69) is 17.6 Å². The number of hydrogen-bond donors (Lipinski definition) is 2. The van der Waals surface area contributed by atoms with E-state index in [-0.39, 0.29) is 11.9 Å². The third kappa shape index (κ3) is 5.65. The number of aryl methyl sites for hydroxylation is 1. The molecule has 0 spiro atoms.